The maximum atomic E-state index is 12.7. The molecule has 132 valence electrons. The lowest BCUT2D eigenvalue weighted by atomic mass is 10.0. The Morgan fingerprint density at radius 3 is 2.96 bits per heavy atom. The summed E-state index contributed by atoms with van der Waals surface area (Å²) in [5, 5.41) is 0.993. The molecule has 6 nitrogen and oxygen atoms in total. The third-order valence-corrected chi connectivity index (χ3v) is 5.27. The minimum Gasteiger partial charge on any atom is -0.464 e. The summed E-state index contributed by atoms with van der Waals surface area (Å²) >= 11 is 0. The minimum atomic E-state index is -0.409. The quantitative estimate of drug-likeness (QED) is 0.834. The van der Waals surface area contributed by atoms with Crippen molar-refractivity contribution in [2.45, 2.75) is 25.4 Å². The Morgan fingerprint density at radius 2 is 2.16 bits per heavy atom. The maximum Gasteiger partial charge on any atom is 0.248 e. The Morgan fingerprint density at radius 1 is 1.32 bits per heavy atom. The third-order valence-electron chi connectivity index (χ3n) is 5.27. The monoisotopic (exact) mass is 342 g/mol. The smallest absolute Gasteiger partial charge is 0.248 e. The minimum absolute atomic E-state index is 0.00411. The molecule has 0 unspecified atom stereocenters. The topological polar surface area (TPSA) is 63.0 Å². The number of furan rings is 1. The van der Waals surface area contributed by atoms with Gasteiger partial charge in [-0.15, -0.1) is 0 Å². The summed E-state index contributed by atoms with van der Waals surface area (Å²) in [6, 6.07) is 6.02. The number of likely N-dealkylation sites (N-methyl/N-ethyl adjacent to an activating group) is 1. The van der Waals surface area contributed by atoms with Crippen LogP contribution in [0, 0.1) is 6.92 Å². The first-order valence-electron chi connectivity index (χ1n) is 8.58. The van der Waals surface area contributed by atoms with Gasteiger partial charge in [-0.05, 0) is 25.0 Å². The van der Waals surface area contributed by atoms with Crippen LogP contribution in [0.15, 0.2) is 28.9 Å². The summed E-state index contributed by atoms with van der Waals surface area (Å²) in [6.07, 6.45) is 2.76. The molecule has 0 saturated carbocycles. The van der Waals surface area contributed by atoms with E-state index in [0.29, 0.717) is 26.1 Å². The van der Waals surface area contributed by atoms with Crippen LogP contribution in [0.4, 0.5) is 0 Å². The number of amides is 2. The average Bonchev–Trinajstić information content (AvgIpc) is 3.16. The van der Waals surface area contributed by atoms with Crippen molar-refractivity contribution in [1.29, 1.82) is 0 Å². The molecule has 0 bridgehead atoms. The summed E-state index contributed by atoms with van der Waals surface area (Å²) in [5.41, 5.74) is 2.46. The summed E-state index contributed by atoms with van der Waals surface area (Å²) < 4.78 is 11.4. The predicted octanol–water partition coefficient (Wildman–Crippen LogP) is 1.74. The molecule has 25 heavy (non-hydrogen) atoms. The average molecular weight is 342 g/mol. The Balaban J connectivity index is 1.46. The molecule has 2 fully saturated rings. The van der Waals surface area contributed by atoms with Crippen molar-refractivity contribution in [2.24, 2.45) is 0 Å². The number of likely N-dealkylation sites (tertiary alicyclic amines) is 1. The first-order chi connectivity index (χ1) is 12.0. The molecule has 1 aromatic carbocycles. The normalized spacial score (nSPS) is 23.8. The lowest BCUT2D eigenvalue weighted by Crippen LogP contribution is -2.54. The van der Waals surface area contributed by atoms with Gasteiger partial charge in [0, 0.05) is 24.5 Å². The van der Waals surface area contributed by atoms with Crippen molar-refractivity contribution in [3.63, 3.8) is 0 Å². The molecule has 1 aromatic heterocycles. The van der Waals surface area contributed by atoms with Crippen molar-refractivity contribution in [3.8, 4) is 0 Å². The van der Waals surface area contributed by atoms with Crippen LogP contribution in [0.25, 0.3) is 11.0 Å². The van der Waals surface area contributed by atoms with Crippen LogP contribution in [0.5, 0.6) is 0 Å². The van der Waals surface area contributed by atoms with Crippen molar-refractivity contribution in [1.82, 2.24) is 9.80 Å². The number of hydrogen-bond acceptors (Lipinski definition) is 4. The summed E-state index contributed by atoms with van der Waals surface area (Å²) in [5.74, 6) is 0.0684. The first-order valence-corrected chi connectivity index (χ1v) is 8.58. The highest BCUT2D eigenvalue weighted by Gasteiger charge is 2.45. The van der Waals surface area contributed by atoms with E-state index in [2.05, 4.69) is 0 Å². The van der Waals surface area contributed by atoms with Crippen LogP contribution in [0.3, 0.4) is 0 Å². The number of carbonyl (C=O) groups is 2. The van der Waals surface area contributed by atoms with Crippen LogP contribution in [-0.4, -0.2) is 60.5 Å². The molecule has 2 aromatic rings. The fourth-order valence-corrected chi connectivity index (χ4v) is 3.80. The van der Waals surface area contributed by atoms with Gasteiger partial charge in [-0.2, -0.15) is 0 Å². The van der Waals surface area contributed by atoms with Crippen molar-refractivity contribution >= 4 is 22.8 Å². The summed E-state index contributed by atoms with van der Waals surface area (Å²) in [6.45, 7) is 3.87. The van der Waals surface area contributed by atoms with Crippen LogP contribution >= 0.6 is 0 Å². The number of fused-ring (bicyclic) bond motifs is 1. The number of hydrogen-bond donors (Lipinski definition) is 0. The predicted molar refractivity (Wildman–Crippen MR) is 92.2 cm³/mol. The van der Waals surface area contributed by atoms with E-state index in [4.69, 9.17) is 9.15 Å². The Hall–Kier alpha value is -2.34. The fraction of sp³-hybridized carbons (Fsp3) is 0.474. The maximum absolute atomic E-state index is 12.7. The largest absolute Gasteiger partial charge is 0.464 e. The van der Waals surface area contributed by atoms with Crippen LogP contribution in [0.2, 0.25) is 0 Å². The molecular formula is C19H22N2O4. The highest BCUT2D eigenvalue weighted by molar-refractivity contribution is 5.88. The van der Waals surface area contributed by atoms with Crippen LogP contribution < -0.4 is 0 Å². The number of aryl methyl sites for hydroxylation is 1. The standard InChI is InChI=1S/C19H22N2O4/c1-13-3-4-15-14(9-24-16(15)7-13)8-17(22)21-6-5-19(12-21)11-20(2)18(23)10-25-19/h3-4,7,9H,5-6,8,10-12H2,1-2H3/t19-/m0/s1. The zero-order valence-electron chi connectivity index (χ0n) is 14.6. The highest BCUT2D eigenvalue weighted by atomic mass is 16.5. The Bertz CT molecular complexity index is 843. The molecule has 2 aliphatic heterocycles. The molecule has 0 N–H and O–H groups in total. The number of benzene rings is 1. The molecule has 6 heteroatoms. The van der Waals surface area contributed by atoms with Gasteiger partial charge in [0.1, 0.15) is 17.8 Å². The van der Waals surface area contributed by atoms with Gasteiger partial charge in [0.25, 0.3) is 0 Å². The molecule has 1 atom stereocenters. The lowest BCUT2D eigenvalue weighted by Gasteiger charge is -2.38. The van der Waals surface area contributed by atoms with Crippen molar-refractivity contribution in [3.05, 3.63) is 35.6 Å². The van der Waals surface area contributed by atoms with E-state index < -0.39 is 5.60 Å². The second kappa shape index (κ2) is 5.88. The first kappa shape index (κ1) is 16.1. The number of morpholine rings is 1. The molecular weight excluding hydrogens is 320 g/mol. The molecule has 4 rings (SSSR count). The van der Waals surface area contributed by atoms with E-state index in [9.17, 15) is 9.59 Å². The van der Waals surface area contributed by atoms with E-state index in [1.54, 1.807) is 18.2 Å². The molecule has 2 aliphatic rings. The number of ether oxygens (including phenoxy) is 1. The Labute approximate surface area is 146 Å². The van der Waals surface area contributed by atoms with Crippen molar-refractivity contribution < 1.29 is 18.7 Å². The second-order valence-electron chi connectivity index (χ2n) is 7.22. The van der Waals surface area contributed by atoms with E-state index in [-0.39, 0.29) is 18.4 Å². The van der Waals surface area contributed by atoms with E-state index >= 15 is 0 Å². The second-order valence-corrected chi connectivity index (χ2v) is 7.22. The third kappa shape index (κ3) is 2.91. The zero-order valence-corrected chi connectivity index (χ0v) is 14.6. The Kier molecular flexibility index (Phi) is 3.80. The van der Waals surface area contributed by atoms with Gasteiger partial charge >= 0.3 is 0 Å². The van der Waals surface area contributed by atoms with Gasteiger partial charge in [0.15, 0.2) is 0 Å². The summed E-state index contributed by atoms with van der Waals surface area (Å²) in [7, 11) is 1.79. The van der Waals surface area contributed by atoms with E-state index in [0.717, 1.165) is 28.5 Å². The number of carbonyl (C=O) groups excluding carboxylic acids is 2. The van der Waals surface area contributed by atoms with Gasteiger partial charge in [-0.1, -0.05) is 12.1 Å². The molecule has 2 amide bonds. The molecule has 1 spiro atoms. The molecule has 3 heterocycles. The summed E-state index contributed by atoms with van der Waals surface area (Å²) in [4.78, 5) is 27.9. The van der Waals surface area contributed by atoms with Gasteiger partial charge in [0.05, 0.1) is 25.8 Å². The van der Waals surface area contributed by atoms with Crippen molar-refractivity contribution in [2.75, 3.05) is 33.3 Å². The lowest BCUT2D eigenvalue weighted by molar-refractivity contribution is -0.159. The van der Waals surface area contributed by atoms with Crippen LogP contribution in [0.1, 0.15) is 17.5 Å². The fourth-order valence-electron chi connectivity index (χ4n) is 3.80. The molecule has 2 saturated heterocycles. The van der Waals surface area contributed by atoms with E-state index in [1.165, 1.54) is 0 Å². The van der Waals surface area contributed by atoms with E-state index in [1.807, 2.05) is 30.0 Å². The number of nitrogens with zero attached hydrogens (tertiary/aromatic N) is 2. The highest BCUT2D eigenvalue weighted by Crippen LogP contribution is 2.30. The van der Waals surface area contributed by atoms with Gasteiger partial charge < -0.3 is 19.0 Å². The zero-order chi connectivity index (χ0) is 17.6. The molecule has 0 radical (unpaired) electrons. The molecule has 0 aliphatic carbocycles. The van der Waals surface area contributed by atoms with Gasteiger partial charge in [0.2, 0.25) is 11.8 Å². The SMILES string of the molecule is Cc1ccc2c(CC(=O)N3CC[C@]4(CN(C)C(=O)CO4)C3)coc2c1. The van der Waals surface area contributed by atoms with Gasteiger partial charge in [-0.25, -0.2) is 0 Å². The number of rotatable bonds is 2. The van der Waals surface area contributed by atoms with Gasteiger partial charge in [-0.3, -0.25) is 9.59 Å². The van der Waals surface area contributed by atoms with Crippen LogP contribution in [-0.2, 0) is 20.7 Å².